The smallest absolute Gasteiger partial charge is 0.141 e. The quantitative estimate of drug-likeness (QED) is 0.587. The standard InChI is InChI=1S/C17H17ClN2O/c1-2-3-10-21-16-8-9-17(18)20-15(16)11-13-6-4-5-7-14(13)12-19/h4-9H,2-3,10-11H2,1H3. The predicted molar refractivity (Wildman–Crippen MR) is 83.6 cm³/mol. The molecule has 0 aliphatic rings. The van der Waals surface area contributed by atoms with Crippen molar-refractivity contribution in [1.29, 1.82) is 5.26 Å². The summed E-state index contributed by atoms with van der Waals surface area (Å²) in [5.74, 6) is 0.737. The van der Waals surface area contributed by atoms with Gasteiger partial charge in [0.05, 0.1) is 23.9 Å². The minimum absolute atomic E-state index is 0.433. The summed E-state index contributed by atoms with van der Waals surface area (Å²) in [6, 6.07) is 13.3. The highest BCUT2D eigenvalue weighted by Gasteiger charge is 2.10. The highest BCUT2D eigenvalue weighted by atomic mass is 35.5. The number of hydrogen-bond acceptors (Lipinski definition) is 3. The minimum atomic E-state index is 0.433. The van der Waals surface area contributed by atoms with Crippen molar-refractivity contribution in [2.24, 2.45) is 0 Å². The lowest BCUT2D eigenvalue weighted by atomic mass is 10.0. The van der Waals surface area contributed by atoms with Gasteiger partial charge in [0.1, 0.15) is 10.9 Å². The topological polar surface area (TPSA) is 45.9 Å². The molecule has 0 atom stereocenters. The summed E-state index contributed by atoms with van der Waals surface area (Å²) in [7, 11) is 0. The Morgan fingerprint density at radius 2 is 2.05 bits per heavy atom. The fourth-order valence-corrected chi connectivity index (χ4v) is 2.18. The first-order valence-electron chi connectivity index (χ1n) is 7.00. The number of rotatable bonds is 6. The number of unbranched alkanes of at least 4 members (excludes halogenated alkanes) is 1. The zero-order chi connectivity index (χ0) is 15.1. The van der Waals surface area contributed by atoms with Gasteiger partial charge in [0, 0.05) is 6.42 Å². The first-order valence-corrected chi connectivity index (χ1v) is 7.38. The fraction of sp³-hybridized carbons (Fsp3) is 0.294. The lowest BCUT2D eigenvalue weighted by molar-refractivity contribution is 0.305. The van der Waals surface area contributed by atoms with E-state index in [2.05, 4.69) is 18.0 Å². The molecule has 0 radical (unpaired) electrons. The summed E-state index contributed by atoms with van der Waals surface area (Å²) >= 11 is 5.99. The molecule has 1 aromatic heterocycles. The molecule has 1 aromatic carbocycles. The van der Waals surface area contributed by atoms with Crippen LogP contribution in [0, 0.1) is 11.3 Å². The van der Waals surface area contributed by atoms with Gasteiger partial charge in [0.15, 0.2) is 0 Å². The zero-order valence-corrected chi connectivity index (χ0v) is 12.7. The van der Waals surface area contributed by atoms with E-state index < -0.39 is 0 Å². The van der Waals surface area contributed by atoms with Crippen LogP contribution in [0.15, 0.2) is 36.4 Å². The molecule has 0 aliphatic heterocycles. The van der Waals surface area contributed by atoms with Crippen LogP contribution in [0.4, 0.5) is 0 Å². The lowest BCUT2D eigenvalue weighted by Crippen LogP contribution is -2.03. The normalized spacial score (nSPS) is 10.1. The van der Waals surface area contributed by atoms with Crippen molar-refractivity contribution in [3.8, 4) is 11.8 Å². The molecule has 21 heavy (non-hydrogen) atoms. The summed E-state index contributed by atoms with van der Waals surface area (Å²) in [6.07, 6.45) is 2.61. The molecule has 0 bridgehead atoms. The zero-order valence-electron chi connectivity index (χ0n) is 12.0. The van der Waals surface area contributed by atoms with Gasteiger partial charge in [-0.15, -0.1) is 0 Å². The molecule has 0 unspecified atom stereocenters. The molecule has 0 aliphatic carbocycles. The second-order valence-corrected chi connectivity index (χ2v) is 5.11. The number of nitriles is 1. The highest BCUT2D eigenvalue weighted by molar-refractivity contribution is 6.29. The maximum absolute atomic E-state index is 9.17. The number of ether oxygens (including phenoxy) is 1. The van der Waals surface area contributed by atoms with Crippen LogP contribution in [0.25, 0.3) is 0 Å². The SMILES string of the molecule is CCCCOc1ccc(Cl)nc1Cc1ccccc1C#N. The third kappa shape index (κ3) is 4.21. The average molecular weight is 301 g/mol. The molecule has 0 fully saturated rings. The monoisotopic (exact) mass is 300 g/mol. The van der Waals surface area contributed by atoms with E-state index in [1.54, 1.807) is 12.1 Å². The second-order valence-electron chi connectivity index (χ2n) is 4.73. The van der Waals surface area contributed by atoms with E-state index in [9.17, 15) is 0 Å². The lowest BCUT2D eigenvalue weighted by Gasteiger charge is -2.11. The molecular weight excluding hydrogens is 284 g/mol. The van der Waals surface area contributed by atoms with Crippen LogP contribution >= 0.6 is 11.6 Å². The van der Waals surface area contributed by atoms with Gasteiger partial charge >= 0.3 is 0 Å². The number of halogens is 1. The molecular formula is C17H17ClN2O. The molecule has 2 aromatic rings. The van der Waals surface area contributed by atoms with Crippen molar-refractivity contribution in [2.75, 3.05) is 6.61 Å². The van der Waals surface area contributed by atoms with E-state index in [1.807, 2.05) is 24.3 Å². The van der Waals surface area contributed by atoms with Gasteiger partial charge in [0.25, 0.3) is 0 Å². The Labute approximate surface area is 130 Å². The first-order chi connectivity index (χ1) is 10.2. The molecule has 4 heteroatoms. The van der Waals surface area contributed by atoms with Crippen LogP contribution < -0.4 is 4.74 Å². The van der Waals surface area contributed by atoms with Gasteiger partial charge < -0.3 is 4.74 Å². The summed E-state index contributed by atoms with van der Waals surface area (Å²) < 4.78 is 5.77. The third-order valence-corrected chi connectivity index (χ3v) is 3.36. The molecule has 0 N–H and O–H groups in total. The fourth-order valence-electron chi connectivity index (χ4n) is 2.01. The number of nitrogens with zero attached hydrogens (tertiary/aromatic N) is 2. The summed E-state index contributed by atoms with van der Waals surface area (Å²) in [5, 5.41) is 9.60. The molecule has 1 heterocycles. The Kier molecular flexibility index (Phi) is 5.59. The Morgan fingerprint density at radius 1 is 1.24 bits per heavy atom. The molecule has 0 amide bonds. The van der Waals surface area contributed by atoms with E-state index in [1.165, 1.54) is 0 Å². The molecule has 108 valence electrons. The number of aromatic nitrogens is 1. The van der Waals surface area contributed by atoms with E-state index in [0.717, 1.165) is 29.8 Å². The molecule has 0 spiro atoms. The van der Waals surface area contributed by atoms with Crippen LogP contribution in [-0.2, 0) is 6.42 Å². The van der Waals surface area contributed by atoms with Crippen LogP contribution in [0.2, 0.25) is 5.15 Å². The van der Waals surface area contributed by atoms with Gasteiger partial charge in [-0.05, 0) is 30.2 Å². The van der Waals surface area contributed by atoms with Crippen LogP contribution in [0.3, 0.4) is 0 Å². The Balaban J connectivity index is 2.25. The van der Waals surface area contributed by atoms with Crippen molar-refractivity contribution < 1.29 is 4.74 Å². The van der Waals surface area contributed by atoms with Crippen molar-refractivity contribution in [3.05, 3.63) is 58.4 Å². The number of benzene rings is 1. The van der Waals surface area contributed by atoms with Crippen molar-refractivity contribution in [2.45, 2.75) is 26.2 Å². The Morgan fingerprint density at radius 3 is 2.81 bits per heavy atom. The van der Waals surface area contributed by atoms with Gasteiger partial charge in [-0.3, -0.25) is 0 Å². The maximum atomic E-state index is 9.17. The molecule has 3 nitrogen and oxygen atoms in total. The van der Waals surface area contributed by atoms with Crippen LogP contribution in [0.1, 0.15) is 36.6 Å². The predicted octanol–water partition coefficient (Wildman–Crippen LogP) is 4.38. The van der Waals surface area contributed by atoms with Gasteiger partial charge in [-0.1, -0.05) is 43.1 Å². The summed E-state index contributed by atoms with van der Waals surface area (Å²) in [6.45, 7) is 2.78. The summed E-state index contributed by atoms with van der Waals surface area (Å²) in [4.78, 5) is 4.35. The number of pyridine rings is 1. The molecule has 2 rings (SSSR count). The highest BCUT2D eigenvalue weighted by Crippen LogP contribution is 2.23. The van der Waals surface area contributed by atoms with Crippen molar-refractivity contribution >= 4 is 11.6 Å². The van der Waals surface area contributed by atoms with Gasteiger partial charge in [-0.2, -0.15) is 5.26 Å². The van der Waals surface area contributed by atoms with Crippen molar-refractivity contribution in [1.82, 2.24) is 4.98 Å². The Bertz CT molecular complexity index is 649. The average Bonchev–Trinajstić information content (AvgIpc) is 2.50. The van der Waals surface area contributed by atoms with Gasteiger partial charge in [-0.25, -0.2) is 4.98 Å². The van der Waals surface area contributed by atoms with E-state index in [-0.39, 0.29) is 0 Å². The van der Waals surface area contributed by atoms with E-state index in [0.29, 0.717) is 23.7 Å². The Hall–Kier alpha value is -2.05. The molecule has 0 saturated heterocycles. The van der Waals surface area contributed by atoms with Gasteiger partial charge in [0.2, 0.25) is 0 Å². The second kappa shape index (κ2) is 7.66. The largest absolute Gasteiger partial charge is 0.492 e. The van der Waals surface area contributed by atoms with E-state index in [4.69, 9.17) is 21.6 Å². The van der Waals surface area contributed by atoms with Crippen molar-refractivity contribution in [3.63, 3.8) is 0 Å². The maximum Gasteiger partial charge on any atom is 0.141 e. The third-order valence-electron chi connectivity index (χ3n) is 3.15. The number of hydrogen-bond donors (Lipinski definition) is 0. The van der Waals surface area contributed by atoms with E-state index >= 15 is 0 Å². The van der Waals surface area contributed by atoms with Crippen LogP contribution in [-0.4, -0.2) is 11.6 Å². The molecule has 0 saturated carbocycles. The first kappa shape index (κ1) is 15.3. The van der Waals surface area contributed by atoms with Crippen LogP contribution in [0.5, 0.6) is 5.75 Å². The minimum Gasteiger partial charge on any atom is -0.492 e. The summed E-state index contributed by atoms with van der Waals surface area (Å²) in [5.41, 5.74) is 2.34.